The van der Waals surface area contributed by atoms with Crippen LogP contribution < -0.4 is 4.74 Å². The van der Waals surface area contributed by atoms with Gasteiger partial charge in [-0.3, -0.25) is 4.79 Å². The molecule has 0 radical (unpaired) electrons. The van der Waals surface area contributed by atoms with Crippen LogP contribution in [0.25, 0.3) is 0 Å². The largest absolute Gasteiger partial charge is 0.486 e. The van der Waals surface area contributed by atoms with Crippen molar-refractivity contribution < 1.29 is 13.9 Å². The highest BCUT2D eigenvalue weighted by atomic mass is 32.2. The monoisotopic (exact) mass is 276 g/mol. The minimum atomic E-state index is -0.479. The van der Waals surface area contributed by atoms with Gasteiger partial charge in [0.2, 0.25) is 0 Å². The fourth-order valence-corrected chi connectivity index (χ4v) is 2.33. The summed E-state index contributed by atoms with van der Waals surface area (Å²) in [6.45, 7) is 0.298. The van der Waals surface area contributed by atoms with Crippen molar-refractivity contribution in [1.29, 1.82) is 0 Å². The number of hydrogen-bond donors (Lipinski definition) is 0. The Labute approximate surface area is 115 Å². The molecular weight excluding hydrogens is 263 g/mol. The van der Waals surface area contributed by atoms with Gasteiger partial charge in [-0.2, -0.15) is 0 Å². The number of hydrogen-bond acceptors (Lipinski definition) is 3. The molecule has 0 spiro atoms. The van der Waals surface area contributed by atoms with Crippen molar-refractivity contribution in [2.45, 2.75) is 11.5 Å². The standard InChI is InChI=1S/C15H13FO2S/c1-19-15-12(9-17)7-8-13(14(15)16)18-10-11-5-3-2-4-6-11/h2-9H,10H2,1H3. The zero-order valence-electron chi connectivity index (χ0n) is 10.4. The van der Waals surface area contributed by atoms with Gasteiger partial charge in [-0.25, -0.2) is 4.39 Å². The molecule has 0 unspecified atom stereocenters. The molecule has 0 aliphatic rings. The molecule has 19 heavy (non-hydrogen) atoms. The molecule has 98 valence electrons. The summed E-state index contributed by atoms with van der Waals surface area (Å²) in [6, 6.07) is 12.6. The Balaban J connectivity index is 2.19. The molecule has 0 aliphatic carbocycles. The molecule has 0 fully saturated rings. The van der Waals surface area contributed by atoms with Crippen LogP contribution in [0.15, 0.2) is 47.4 Å². The second-order valence-electron chi connectivity index (χ2n) is 3.89. The molecule has 0 atom stereocenters. The first kappa shape index (κ1) is 13.6. The summed E-state index contributed by atoms with van der Waals surface area (Å²) >= 11 is 1.20. The van der Waals surface area contributed by atoms with Crippen molar-refractivity contribution in [3.63, 3.8) is 0 Å². The highest BCUT2D eigenvalue weighted by Gasteiger charge is 2.13. The van der Waals surface area contributed by atoms with Crippen molar-refractivity contribution in [2.75, 3.05) is 6.26 Å². The Morgan fingerprint density at radius 3 is 2.58 bits per heavy atom. The Morgan fingerprint density at radius 2 is 1.95 bits per heavy atom. The number of aldehydes is 1. The van der Waals surface area contributed by atoms with E-state index in [1.54, 1.807) is 12.3 Å². The van der Waals surface area contributed by atoms with Gasteiger partial charge in [-0.05, 0) is 24.0 Å². The highest BCUT2D eigenvalue weighted by molar-refractivity contribution is 7.98. The van der Waals surface area contributed by atoms with Crippen LogP contribution in [0, 0.1) is 5.82 Å². The maximum Gasteiger partial charge on any atom is 0.179 e. The first-order valence-corrected chi connectivity index (χ1v) is 6.97. The van der Waals surface area contributed by atoms with Crippen LogP contribution in [0.5, 0.6) is 5.75 Å². The predicted molar refractivity (Wildman–Crippen MR) is 74.3 cm³/mol. The zero-order chi connectivity index (χ0) is 13.7. The number of carbonyl (C=O) groups excluding carboxylic acids is 1. The summed E-state index contributed by atoms with van der Waals surface area (Å²) in [6.07, 6.45) is 2.38. The summed E-state index contributed by atoms with van der Waals surface area (Å²) in [5, 5.41) is 0. The number of rotatable bonds is 5. The second kappa shape index (κ2) is 6.38. The van der Waals surface area contributed by atoms with E-state index in [-0.39, 0.29) is 5.75 Å². The van der Waals surface area contributed by atoms with Crippen LogP contribution >= 0.6 is 11.8 Å². The van der Waals surface area contributed by atoms with Crippen LogP contribution in [0.4, 0.5) is 4.39 Å². The lowest BCUT2D eigenvalue weighted by Gasteiger charge is -2.10. The van der Waals surface area contributed by atoms with Gasteiger partial charge in [0.1, 0.15) is 6.61 Å². The molecule has 0 amide bonds. The third kappa shape index (κ3) is 3.15. The van der Waals surface area contributed by atoms with E-state index < -0.39 is 5.82 Å². The van der Waals surface area contributed by atoms with E-state index >= 15 is 0 Å². The average Bonchev–Trinajstić information content (AvgIpc) is 2.46. The lowest BCUT2D eigenvalue weighted by Crippen LogP contribution is -2.00. The minimum Gasteiger partial charge on any atom is -0.486 e. The Hall–Kier alpha value is -1.81. The summed E-state index contributed by atoms with van der Waals surface area (Å²) < 4.78 is 19.6. The number of ether oxygens (including phenoxy) is 1. The van der Waals surface area contributed by atoms with Crippen molar-refractivity contribution >= 4 is 18.0 Å². The summed E-state index contributed by atoms with van der Waals surface area (Å²) in [4.78, 5) is 11.1. The fraction of sp³-hybridized carbons (Fsp3) is 0.133. The van der Waals surface area contributed by atoms with Gasteiger partial charge in [0.25, 0.3) is 0 Å². The quantitative estimate of drug-likeness (QED) is 0.611. The Kier molecular flexibility index (Phi) is 4.58. The molecule has 2 rings (SSSR count). The highest BCUT2D eigenvalue weighted by Crippen LogP contribution is 2.30. The maximum atomic E-state index is 14.1. The van der Waals surface area contributed by atoms with E-state index in [0.717, 1.165) is 5.56 Å². The maximum absolute atomic E-state index is 14.1. The number of carbonyl (C=O) groups is 1. The first-order chi connectivity index (χ1) is 9.26. The van der Waals surface area contributed by atoms with E-state index in [9.17, 15) is 9.18 Å². The van der Waals surface area contributed by atoms with Gasteiger partial charge >= 0.3 is 0 Å². The molecule has 0 aliphatic heterocycles. The molecular formula is C15H13FO2S. The van der Waals surface area contributed by atoms with Crippen LogP contribution in [0.3, 0.4) is 0 Å². The van der Waals surface area contributed by atoms with Crippen molar-refractivity contribution in [3.05, 3.63) is 59.4 Å². The molecule has 0 N–H and O–H groups in total. The molecule has 0 saturated carbocycles. The third-order valence-corrected chi connectivity index (χ3v) is 3.48. The van der Waals surface area contributed by atoms with Gasteiger partial charge < -0.3 is 4.74 Å². The van der Waals surface area contributed by atoms with Crippen molar-refractivity contribution in [2.24, 2.45) is 0 Å². The van der Waals surface area contributed by atoms with E-state index in [0.29, 0.717) is 23.4 Å². The molecule has 0 bridgehead atoms. The topological polar surface area (TPSA) is 26.3 Å². The summed E-state index contributed by atoms with van der Waals surface area (Å²) in [7, 11) is 0. The van der Waals surface area contributed by atoms with E-state index in [1.807, 2.05) is 30.3 Å². The van der Waals surface area contributed by atoms with E-state index in [4.69, 9.17) is 4.74 Å². The lowest BCUT2D eigenvalue weighted by molar-refractivity contribution is 0.112. The minimum absolute atomic E-state index is 0.166. The molecule has 0 heterocycles. The van der Waals surface area contributed by atoms with Gasteiger partial charge in [-0.15, -0.1) is 11.8 Å². The van der Waals surface area contributed by atoms with Crippen LogP contribution in [-0.4, -0.2) is 12.5 Å². The SMILES string of the molecule is CSc1c(C=O)ccc(OCc2ccccc2)c1F. The molecule has 4 heteroatoms. The Bertz CT molecular complexity index is 570. The molecule has 0 aromatic heterocycles. The number of thioether (sulfide) groups is 1. The molecule has 2 aromatic carbocycles. The van der Waals surface area contributed by atoms with Crippen LogP contribution in [-0.2, 0) is 6.61 Å². The Morgan fingerprint density at radius 1 is 1.21 bits per heavy atom. The first-order valence-electron chi connectivity index (χ1n) is 5.74. The smallest absolute Gasteiger partial charge is 0.179 e. The predicted octanol–water partition coefficient (Wildman–Crippen LogP) is 3.94. The molecule has 0 saturated heterocycles. The van der Waals surface area contributed by atoms with Crippen molar-refractivity contribution in [1.82, 2.24) is 0 Å². The number of benzene rings is 2. The molecule has 2 aromatic rings. The third-order valence-electron chi connectivity index (χ3n) is 2.66. The average molecular weight is 276 g/mol. The van der Waals surface area contributed by atoms with Crippen LogP contribution in [0.1, 0.15) is 15.9 Å². The summed E-state index contributed by atoms with van der Waals surface area (Å²) in [5.41, 5.74) is 1.31. The molecule has 2 nitrogen and oxygen atoms in total. The van der Waals surface area contributed by atoms with Crippen molar-refractivity contribution in [3.8, 4) is 5.75 Å². The normalized spacial score (nSPS) is 10.2. The van der Waals surface area contributed by atoms with E-state index in [1.165, 1.54) is 17.8 Å². The van der Waals surface area contributed by atoms with Gasteiger partial charge in [0.05, 0.1) is 4.90 Å². The lowest BCUT2D eigenvalue weighted by atomic mass is 10.2. The van der Waals surface area contributed by atoms with Crippen LogP contribution in [0.2, 0.25) is 0 Å². The second-order valence-corrected chi connectivity index (χ2v) is 4.71. The summed E-state index contributed by atoms with van der Waals surface area (Å²) in [5.74, 6) is -0.313. The zero-order valence-corrected chi connectivity index (χ0v) is 11.2. The van der Waals surface area contributed by atoms with Gasteiger partial charge in [-0.1, -0.05) is 30.3 Å². The van der Waals surface area contributed by atoms with Gasteiger partial charge in [0.15, 0.2) is 17.9 Å². The van der Waals surface area contributed by atoms with E-state index in [2.05, 4.69) is 0 Å². The fourth-order valence-electron chi connectivity index (χ4n) is 1.70. The van der Waals surface area contributed by atoms with Gasteiger partial charge in [0, 0.05) is 5.56 Å². The number of halogens is 1.